The molecule has 2 aromatic rings. The smallest absolute Gasteiger partial charge is 0.138 e. The van der Waals surface area contributed by atoms with Gasteiger partial charge in [-0.3, -0.25) is 0 Å². The molecule has 0 fully saturated rings. The number of hydrogen-bond donors (Lipinski definition) is 1. The summed E-state index contributed by atoms with van der Waals surface area (Å²) in [5.74, 6) is 1.41. The standard InChI is InChI=1S/C15H15BrClNO2/c1-19-13-6-4-3-5-10(13)14(18)11-7-9(17)8-12(16)15(11)20-2/h3-8,14H,18H2,1-2H3. The zero-order chi connectivity index (χ0) is 14.7. The van der Waals surface area contributed by atoms with Crippen molar-refractivity contribution in [3.63, 3.8) is 0 Å². The molecule has 0 aliphatic carbocycles. The summed E-state index contributed by atoms with van der Waals surface area (Å²) in [5.41, 5.74) is 8.05. The average molecular weight is 357 g/mol. The fourth-order valence-electron chi connectivity index (χ4n) is 2.12. The SMILES string of the molecule is COc1ccccc1C(N)c1cc(Cl)cc(Br)c1OC. The number of ether oxygens (including phenoxy) is 2. The summed E-state index contributed by atoms with van der Waals surface area (Å²) in [5, 5.41) is 0.595. The van der Waals surface area contributed by atoms with Crippen LogP contribution in [-0.2, 0) is 0 Å². The van der Waals surface area contributed by atoms with Gasteiger partial charge in [0.2, 0.25) is 0 Å². The Kier molecular flexibility index (Phi) is 4.91. The maximum atomic E-state index is 6.37. The van der Waals surface area contributed by atoms with Crippen LogP contribution in [0, 0.1) is 0 Å². The molecular weight excluding hydrogens is 342 g/mol. The minimum atomic E-state index is -0.393. The van der Waals surface area contributed by atoms with Gasteiger partial charge in [-0.05, 0) is 34.1 Å². The zero-order valence-corrected chi connectivity index (χ0v) is 13.5. The first-order chi connectivity index (χ1) is 9.58. The Morgan fingerprint density at radius 2 is 1.80 bits per heavy atom. The fraction of sp³-hybridized carbons (Fsp3) is 0.200. The van der Waals surface area contributed by atoms with Crippen molar-refractivity contribution in [1.29, 1.82) is 0 Å². The number of nitrogens with two attached hydrogens (primary N) is 1. The van der Waals surface area contributed by atoms with Crippen molar-refractivity contribution in [2.45, 2.75) is 6.04 Å². The topological polar surface area (TPSA) is 44.5 Å². The highest BCUT2D eigenvalue weighted by Gasteiger charge is 2.20. The van der Waals surface area contributed by atoms with Crippen molar-refractivity contribution < 1.29 is 9.47 Å². The Balaban J connectivity index is 2.55. The highest BCUT2D eigenvalue weighted by Crippen LogP contribution is 2.39. The second-order valence-electron chi connectivity index (χ2n) is 4.23. The van der Waals surface area contributed by atoms with Gasteiger partial charge in [0.05, 0.1) is 24.7 Å². The molecule has 0 bridgehead atoms. The van der Waals surface area contributed by atoms with E-state index in [9.17, 15) is 0 Å². The lowest BCUT2D eigenvalue weighted by Gasteiger charge is -2.19. The van der Waals surface area contributed by atoms with Gasteiger partial charge < -0.3 is 15.2 Å². The van der Waals surface area contributed by atoms with E-state index < -0.39 is 6.04 Å². The molecule has 2 aromatic carbocycles. The molecule has 2 rings (SSSR count). The third kappa shape index (κ3) is 2.92. The molecule has 0 saturated carbocycles. The molecule has 0 heterocycles. The molecule has 3 nitrogen and oxygen atoms in total. The van der Waals surface area contributed by atoms with Crippen LogP contribution in [-0.4, -0.2) is 14.2 Å². The molecule has 2 N–H and O–H groups in total. The quantitative estimate of drug-likeness (QED) is 0.894. The molecule has 0 spiro atoms. The van der Waals surface area contributed by atoms with Gasteiger partial charge in [0, 0.05) is 16.1 Å². The van der Waals surface area contributed by atoms with Crippen molar-refractivity contribution in [2.24, 2.45) is 5.73 Å². The molecule has 0 radical (unpaired) electrons. The van der Waals surface area contributed by atoms with Gasteiger partial charge in [0.15, 0.2) is 0 Å². The number of benzene rings is 2. The second kappa shape index (κ2) is 6.48. The van der Waals surface area contributed by atoms with E-state index in [0.29, 0.717) is 10.8 Å². The monoisotopic (exact) mass is 355 g/mol. The van der Waals surface area contributed by atoms with E-state index in [1.54, 1.807) is 20.3 Å². The number of rotatable bonds is 4. The largest absolute Gasteiger partial charge is 0.496 e. The highest BCUT2D eigenvalue weighted by atomic mass is 79.9. The summed E-state index contributed by atoms with van der Waals surface area (Å²) in [6.07, 6.45) is 0. The van der Waals surface area contributed by atoms with Gasteiger partial charge in [0.25, 0.3) is 0 Å². The summed E-state index contributed by atoms with van der Waals surface area (Å²) in [4.78, 5) is 0. The lowest BCUT2D eigenvalue weighted by molar-refractivity contribution is 0.399. The average Bonchev–Trinajstić information content (AvgIpc) is 2.45. The van der Waals surface area contributed by atoms with Crippen LogP contribution >= 0.6 is 27.5 Å². The zero-order valence-electron chi connectivity index (χ0n) is 11.2. The number of hydrogen-bond acceptors (Lipinski definition) is 3. The summed E-state index contributed by atoms with van der Waals surface area (Å²) < 4.78 is 11.5. The number of methoxy groups -OCH3 is 2. The normalized spacial score (nSPS) is 12.1. The first kappa shape index (κ1) is 15.2. The van der Waals surface area contributed by atoms with Crippen molar-refractivity contribution in [1.82, 2.24) is 0 Å². The van der Waals surface area contributed by atoms with E-state index in [2.05, 4.69) is 15.9 Å². The molecule has 0 aromatic heterocycles. The van der Waals surface area contributed by atoms with Crippen molar-refractivity contribution in [2.75, 3.05) is 14.2 Å². The van der Waals surface area contributed by atoms with Gasteiger partial charge in [-0.1, -0.05) is 29.8 Å². The van der Waals surface area contributed by atoms with E-state index in [1.165, 1.54) is 0 Å². The molecule has 0 aliphatic rings. The van der Waals surface area contributed by atoms with Gasteiger partial charge >= 0.3 is 0 Å². The van der Waals surface area contributed by atoms with E-state index >= 15 is 0 Å². The molecule has 20 heavy (non-hydrogen) atoms. The van der Waals surface area contributed by atoms with Crippen molar-refractivity contribution in [3.8, 4) is 11.5 Å². The van der Waals surface area contributed by atoms with Crippen LogP contribution in [0.4, 0.5) is 0 Å². The molecular formula is C15H15BrClNO2. The van der Waals surface area contributed by atoms with E-state index in [4.69, 9.17) is 26.8 Å². The number of para-hydroxylation sites is 1. The predicted molar refractivity (Wildman–Crippen MR) is 84.7 cm³/mol. The third-order valence-electron chi connectivity index (χ3n) is 3.05. The molecule has 106 valence electrons. The third-order valence-corrected chi connectivity index (χ3v) is 3.86. The molecule has 0 amide bonds. The maximum absolute atomic E-state index is 6.37. The van der Waals surface area contributed by atoms with Crippen LogP contribution in [0.15, 0.2) is 40.9 Å². The highest BCUT2D eigenvalue weighted by molar-refractivity contribution is 9.10. The van der Waals surface area contributed by atoms with Gasteiger partial charge in [-0.15, -0.1) is 0 Å². The molecule has 1 atom stereocenters. The minimum Gasteiger partial charge on any atom is -0.496 e. The lowest BCUT2D eigenvalue weighted by Crippen LogP contribution is -2.14. The van der Waals surface area contributed by atoms with Gasteiger partial charge in [-0.2, -0.15) is 0 Å². The van der Waals surface area contributed by atoms with E-state index in [-0.39, 0.29) is 0 Å². The Labute approximate surface area is 131 Å². The van der Waals surface area contributed by atoms with Crippen LogP contribution in [0.2, 0.25) is 5.02 Å². The Bertz CT molecular complexity index is 619. The van der Waals surface area contributed by atoms with Crippen molar-refractivity contribution >= 4 is 27.5 Å². The van der Waals surface area contributed by atoms with E-state index in [1.807, 2.05) is 30.3 Å². The lowest BCUT2D eigenvalue weighted by atomic mass is 9.98. The summed E-state index contributed by atoms with van der Waals surface area (Å²) in [6, 6.07) is 10.8. The molecule has 0 aliphatic heterocycles. The number of halogens is 2. The maximum Gasteiger partial charge on any atom is 0.138 e. The predicted octanol–water partition coefficient (Wildman–Crippen LogP) is 4.17. The van der Waals surface area contributed by atoms with E-state index in [0.717, 1.165) is 21.3 Å². The Morgan fingerprint density at radius 3 is 2.45 bits per heavy atom. The van der Waals surface area contributed by atoms with Gasteiger partial charge in [0.1, 0.15) is 11.5 Å². The van der Waals surface area contributed by atoms with Crippen LogP contribution in [0.1, 0.15) is 17.2 Å². The van der Waals surface area contributed by atoms with Gasteiger partial charge in [-0.25, -0.2) is 0 Å². The minimum absolute atomic E-state index is 0.393. The summed E-state index contributed by atoms with van der Waals surface area (Å²) in [6.45, 7) is 0. The molecule has 0 saturated heterocycles. The fourth-order valence-corrected chi connectivity index (χ4v) is 3.11. The Morgan fingerprint density at radius 1 is 1.10 bits per heavy atom. The van der Waals surface area contributed by atoms with Crippen LogP contribution in [0.5, 0.6) is 11.5 Å². The summed E-state index contributed by atoms with van der Waals surface area (Å²) >= 11 is 9.55. The first-order valence-corrected chi connectivity index (χ1v) is 7.17. The second-order valence-corrected chi connectivity index (χ2v) is 5.52. The molecule has 1 unspecified atom stereocenters. The van der Waals surface area contributed by atoms with Crippen molar-refractivity contribution in [3.05, 3.63) is 57.0 Å². The van der Waals surface area contributed by atoms with Crippen LogP contribution in [0.3, 0.4) is 0 Å². The molecule has 5 heteroatoms. The summed E-state index contributed by atoms with van der Waals surface area (Å²) in [7, 11) is 3.23. The Hall–Kier alpha value is -1.23. The van der Waals surface area contributed by atoms with Crippen LogP contribution < -0.4 is 15.2 Å². The van der Waals surface area contributed by atoms with Crippen LogP contribution in [0.25, 0.3) is 0 Å². The first-order valence-electron chi connectivity index (χ1n) is 6.00.